The van der Waals surface area contributed by atoms with E-state index in [-0.39, 0.29) is 12.4 Å². The predicted octanol–water partition coefficient (Wildman–Crippen LogP) is 1.61. The summed E-state index contributed by atoms with van der Waals surface area (Å²) in [6.07, 6.45) is 0.135. The molecule has 0 spiro atoms. The highest BCUT2D eigenvalue weighted by molar-refractivity contribution is 6.29. The minimum Gasteiger partial charge on any atom is -0.469 e. The number of hydrogen-bond donors (Lipinski definition) is 1. The summed E-state index contributed by atoms with van der Waals surface area (Å²) in [5.74, 6) is -0.340. The normalized spacial score (nSPS) is 12.3. The number of carbonyl (C=O) groups is 1. The van der Waals surface area contributed by atoms with Gasteiger partial charge in [-0.25, -0.2) is 4.98 Å². The first-order chi connectivity index (χ1) is 7.02. The molecule has 0 saturated heterocycles. The summed E-state index contributed by atoms with van der Waals surface area (Å²) in [7, 11) is 1.33. The van der Waals surface area contributed by atoms with Crippen molar-refractivity contribution in [2.45, 2.75) is 19.4 Å². The lowest BCUT2D eigenvalue weighted by atomic mass is 10.1. The zero-order valence-corrected chi connectivity index (χ0v) is 9.41. The van der Waals surface area contributed by atoms with Gasteiger partial charge in [-0.15, -0.1) is 0 Å². The molecule has 82 valence electrons. The fourth-order valence-electron chi connectivity index (χ4n) is 1.25. The van der Waals surface area contributed by atoms with Crippen LogP contribution in [0.5, 0.6) is 0 Å². The third kappa shape index (κ3) is 3.49. The lowest BCUT2D eigenvalue weighted by Crippen LogP contribution is -2.16. The molecule has 0 aliphatic heterocycles. The predicted molar refractivity (Wildman–Crippen MR) is 57.5 cm³/mol. The second kappa shape index (κ2) is 5.09. The Labute approximate surface area is 93.4 Å². The molecule has 1 aromatic rings. The molecule has 0 radical (unpaired) electrons. The molecule has 1 rings (SSSR count). The average molecular weight is 229 g/mol. The number of esters is 1. The summed E-state index contributed by atoms with van der Waals surface area (Å²) >= 11 is 5.78. The molecule has 0 bridgehead atoms. The van der Waals surface area contributed by atoms with Crippen molar-refractivity contribution >= 4 is 17.6 Å². The number of carbonyl (C=O) groups excluding carboxylic acids is 1. The van der Waals surface area contributed by atoms with Gasteiger partial charge in [-0.05, 0) is 24.6 Å². The van der Waals surface area contributed by atoms with Crippen LogP contribution in [0.15, 0.2) is 12.1 Å². The van der Waals surface area contributed by atoms with Crippen molar-refractivity contribution in [1.82, 2.24) is 4.98 Å². The number of methoxy groups -OCH3 is 1. The third-order valence-electron chi connectivity index (χ3n) is 1.99. The first kappa shape index (κ1) is 11.9. The van der Waals surface area contributed by atoms with Crippen molar-refractivity contribution in [3.63, 3.8) is 0 Å². The van der Waals surface area contributed by atoms with Crippen molar-refractivity contribution in [1.29, 1.82) is 0 Å². The maximum absolute atomic E-state index is 11.0. The number of nitrogens with two attached hydrogens (primary N) is 1. The van der Waals surface area contributed by atoms with Crippen LogP contribution in [0.25, 0.3) is 0 Å². The number of hydrogen-bond acceptors (Lipinski definition) is 4. The van der Waals surface area contributed by atoms with E-state index < -0.39 is 6.04 Å². The van der Waals surface area contributed by atoms with E-state index in [2.05, 4.69) is 9.72 Å². The zero-order chi connectivity index (χ0) is 11.4. The highest BCUT2D eigenvalue weighted by Gasteiger charge is 2.12. The Morgan fingerprint density at radius 1 is 1.67 bits per heavy atom. The molecule has 1 unspecified atom stereocenters. The average Bonchev–Trinajstić information content (AvgIpc) is 2.16. The highest BCUT2D eigenvalue weighted by Crippen LogP contribution is 2.18. The van der Waals surface area contributed by atoms with E-state index in [4.69, 9.17) is 17.3 Å². The molecular formula is C10H13ClN2O2. The van der Waals surface area contributed by atoms with Gasteiger partial charge in [0, 0.05) is 11.7 Å². The third-order valence-corrected chi connectivity index (χ3v) is 2.18. The van der Waals surface area contributed by atoms with E-state index in [1.165, 1.54) is 7.11 Å². The summed E-state index contributed by atoms with van der Waals surface area (Å²) < 4.78 is 4.54. The van der Waals surface area contributed by atoms with Crippen molar-refractivity contribution in [2.24, 2.45) is 5.73 Å². The van der Waals surface area contributed by atoms with Gasteiger partial charge in [0.1, 0.15) is 5.15 Å². The maximum atomic E-state index is 11.0. The number of nitrogens with zero attached hydrogens (tertiary/aromatic N) is 1. The molecule has 5 heteroatoms. The van der Waals surface area contributed by atoms with E-state index >= 15 is 0 Å². The van der Waals surface area contributed by atoms with Crippen LogP contribution >= 0.6 is 11.6 Å². The van der Waals surface area contributed by atoms with Crippen LogP contribution in [-0.2, 0) is 9.53 Å². The molecule has 1 atom stereocenters. The fraction of sp³-hybridized carbons (Fsp3) is 0.400. The van der Waals surface area contributed by atoms with Crippen molar-refractivity contribution < 1.29 is 9.53 Å². The Balaban J connectivity index is 2.81. The Hall–Kier alpha value is -1.13. The van der Waals surface area contributed by atoms with Crippen LogP contribution in [-0.4, -0.2) is 18.1 Å². The number of aryl methyl sites for hydroxylation is 1. The van der Waals surface area contributed by atoms with Gasteiger partial charge in [0.2, 0.25) is 0 Å². The molecule has 1 aromatic heterocycles. The Morgan fingerprint density at radius 3 is 2.87 bits per heavy atom. The van der Waals surface area contributed by atoms with E-state index in [1.54, 1.807) is 12.1 Å². The van der Waals surface area contributed by atoms with Crippen LogP contribution in [0.1, 0.15) is 23.7 Å². The van der Waals surface area contributed by atoms with Crippen molar-refractivity contribution in [3.05, 3.63) is 28.5 Å². The largest absolute Gasteiger partial charge is 0.469 e. The van der Waals surface area contributed by atoms with Crippen molar-refractivity contribution in [2.75, 3.05) is 7.11 Å². The molecule has 1 heterocycles. The molecule has 0 saturated carbocycles. The second-order valence-electron chi connectivity index (χ2n) is 3.25. The van der Waals surface area contributed by atoms with Gasteiger partial charge >= 0.3 is 5.97 Å². The molecule has 0 aromatic carbocycles. The number of ether oxygens (including phenoxy) is 1. The quantitative estimate of drug-likeness (QED) is 0.631. The van der Waals surface area contributed by atoms with Crippen molar-refractivity contribution in [3.8, 4) is 0 Å². The van der Waals surface area contributed by atoms with E-state index in [0.29, 0.717) is 5.15 Å². The Morgan fingerprint density at radius 2 is 2.33 bits per heavy atom. The monoisotopic (exact) mass is 228 g/mol. The van der Waals surface area contributed by atoms with Crippen LogP contribution < -0.4 is 5.73 Å². The Bertz CT molecular complexity index is 348. The van der Waals surface area contributed by atoms with E-state index in [0.717, 1.165) is 11.3 Å². The standard InChI is InChI=1S/C10H13ClN2O2/c1-6-3-7(4-9(11)13-6)8(12)5-10(14)15-2/h3-4,8H,5,12H2,1-2H3. The topological polar surface area (TPSA) is 65.2 Å². The second-order valence-corrected chi connectivity index (χ2v) is 3.64. The SMILES string of the molecule is COC(=O)CC(N)c1cc(C)nc(Cl)c1. The summed E-state index contributed by atoms with van der Waals surface area (Å²) in [4.78, 5) is 15.0. The molecule has 0 fully saturated rings. The summed E-state index contributed by atoms with van der Waals surface area (Å²) in [6.45, 7) is 1.82. The van der Waals surface area contributed by atoms with Crippen LogP contribution in [0.3, 0.4) is 0 Å². The van der Waals surface area contributed by atoms with Gasteiger partial charge in [-0.3, -0.25) is 4.79 Å². The van der Waals surface area contributed by atoms with Crippen LogP contribution in [0.2, 0.25) is 5.15 Å². The van der Waals surface area contributed by atoms with Crippen LogP contribution in [0.4, 0.5) is 0 Å². The minimum atomic E-state index is -0.406. The first-order valence-electron chi connectivity index (χ1n) is 4.49. The number of halogens is 1. The van der Waals surface area contributed by atoms with Gasteiger partial charge in [0.25, 0.3) is 0 Å². The number of pyridine rings is 1. The van der Waals surface area contributed by atoms with Gasteiger partial charge in [0.15, 0.2) is 0 Å². The summed E-state index contributed by atoms with van der Waals surface area (Å²) in [5, 5.41) is 0.380. The molecule has 15 heavy (non-hydrogen) atoms. The molecule has 0 amide bonds. The number of rotatable bonds is 3. The first-order valence-corrected chi connectivity index (χ1v) is 4.87. The fourth-order valence-corrected chi connectivity index (χ4v) is 1.51. The lowest BCUT2D eigenvalue weighted by Gasteiger charge is -2.11. The highest BCUT2D eigenvalue weighted by atomic mass is 35.5. The molecule has 0 aliphatic carbocycles. The van der Waals surface area contributed by atoms with Gasteiger partial charge in [-0.1, -0.05) is 11.6 Å². The van der Waals surface area contributed by atoms with Gasteiger partial charge in [-0.2, -0.15) is 0 Å². The smallest absolute Gasteiger partial charge is 0.307 e. The van der Waals surface area contributed by atoms with Gasteiger partial charge < -0.3 is 10.5 Å². The van der Waals surface area contributed by atoms with Gasteiger partial charge in [0.05, 0.1) is 13.5 Å². The minimum absolute atomic E-state index is 0.135. The zero-order valence-electron chi connectivity index (χ0n) is 8.66. The molecular weight excluding hydrogens is 216 g/mol. The van der Waals surface area contributed by atoms with E-state index in [1.807, 2.05) is 6.92 Å². The van der Waals surface area contributed by atoms with Crippen LogP contribution in [0, 0.1) is 6.92 Å². The molecule has 0 aliphatic rings. The maximum Gasteiger partial charge on any atom is 0.307 e. The van der Waals surface area contributed by atoms with E-state index in [9.17, 15) is 4.79 Å². The lowest BCUT2D eigenvalue weighted by molar-refractivity contribution is -0.141. The molecule has 2 N–H and O–H groups in total. The number of aromatic nitrogens is 1. The molecule has 4 nitrogen and oxygen atoms in total. The Kier molecular flexibility index (Phi) is 4.05. The summed E-state index contributed by atoms with van der Waals surface area (Å²) in [6, 6.07) is 3.05. The summed E-state index contributed by atoms with van der Waals surface area (Å²) in [5.41, 5.74) is 7.39.